The van der Waals surface area contributed by atoms with Gasteiger partial charge < -0.3 is 15.2 Å². The summed E-state index contributed by atoms with van der Waals surface area (Å²) in [6.07, 6.45) is 0.972. The largest absolute Gasteiger partial charge is 0.489 e. The first-order chi connectivity index (χ1) is 10.7. The molecule has 0 saturated heterocycles. The van der Waals surface area contributed by atoms with Crippen molar-refractivity contribution in [3.05, 3.63) is 65.2 Å². The van der Waals surface area contributed by atoms with Crippen molar-refractivity contribution >= 4 is 0 Å². The number of aliphatic hydroxyl groups is 1. The lowest BCUT2D eigenvalue weighted by Crippen LogP contribution is -2.89. The predicted molar refractivity (Wildman–Crippen MR) is 88.7 cm³/mol. The quantitative estimate of drug-likeness (QED) is 0.786. The molecule has 3 nitrogen and oxygen atoms in total. The Kier molecular flexibility index (Phi) is 6.44. The highest BCUT2D eigenvalue weighted by molar-refractivity contribution is 5.28. The van der Waals surface area contributed by atoms with Gasteiger partial charge in [0.2, 0.25) is 0 Å². The van der Waals surface area contributed by atoms with Crippen LogP contribution in [-0.4, -0.2) is 17.8 Å². The van der Waals surface area contributed by atoms with Crippen LogP contribution in [0.5, 0.6) is 5.75 Å². The molecule has 0 unspecified atom stereocenters. The molecule has 0 fully saturated rings. The van der Waals surface area contributed by atoms with E-state index in [1.165, 1.54) is 16.7 Å². The van der Waals surface area contributed by atoms with Crippen LogP contribution in [-0.2, 0) is 13.2 Å². The van der Waals surface area contributed by atoms with Crippen LogP contribution in [0, 0.1) is 6.92 Å². The van der Waals surface area contributed by atoms with Gasteiger partial charge in [-0.05, 0) is 31.0 Å². The van der Waals surface area contributed by atoms with Crippen LogP contribution in [0.4, 0.5) is 0 Å². The van der Waals surface area contributed by atoms with E-state index in [4.69, 9.17) is 4.74 Å². The summed E-state index contributed by atoms with van der Waals surface area (Å²) in [7, 11) is 0. The maximum atomic E-state index is 9.23. The SMILES string of the molecule is CC[C@H](CO)[NH2+]Cc1cccc(OCc2ccc(C)cc2)c1. The maximum Gasteiger partial charge on any atom is 0.120 e. The summed E-state index contributed by atoms with van der Waals surface area (Å²) in [5.74, 6) is 0.892. The second-order valence-corrected chi connectivity index (χ2v) is 5.71. The van der Waals surface area contributed by atoms with E-state index in [0.29, 0.717) is 6.61 Å². The third-order valence-corrected chi connectivity index (χ3v) is 3.87. The maximum absolute atomic E-state index is 9.23. The number of nitrogens with two attached hydrogens (primary N) is 1. The smallest absolute Gasteiger partial charge is 0.120 e. The predicted octanol–water partition coefficient (Wildman–Crippen LogP) is 2.41. The molecule has 0 radical (unpaired) electrons. The summed E-state index contributed by atoms with van der Waals surface area (Å²) in [5.41, 5.74) is 3.65. The molecule has 2 aromatic carbocycles. The van der Waals surface area contributed by atoms with Gasteiger partial charge >= 0.3 is 0 Å². The Morgan fingerprint density at radius 3 is 2.55 bits per heavy atom. The fraction of sp³-hybridized carbons (Fsp3) is 0.368. The Bertz CT molecular complexity index is 562. The second kappa shape index (κ2) is 8.57. The number of rotatable bonds is 8. The van der Waals surface area contributed by atoms with Crippen LogP contribution in [0.2, 0.25) is 0 Å². The Hall–Kier alpha value is -1.84. The average molecular weight is 300 g/mol. The van der Waals surface area contributed by atoms with Gasteiger partial charge in [-0.15, -0.1) is 0 Å². The van der Waals surface area contributed by atoms with Gasteiger partial charge in [0.05, 0.1) is 6.61 Å². The third kappa shape index (κ3) is 5.17. The molecule has 118 valence electrons. The van der Waals surface area contributed by atoms with E-state index in [0.717, 1.165) is 18.7 Å². The summed E-state index contributed by atoms with van der Waals surface area (Å²) in [4.78, 5) is 0. The number of aryl methyl sites for hydroxylation is 1. The van der Waals surface area contributed by atoms with Gasteiger partial charge in [-0.2, -0.15) is 0 Å². The fourth-order valence-electron chi connectivity index (χ4n) is 2.29. The first-order valence-corrected chi connectivity index (χ1v) is 7.92. The van der Waals surface area contributed by atoms with E-state index in [-0.39, 0.29) is 12.6 Å². The normalized spacial score (nSPS) is 12.1. The van der Waals surface area contributed by atoms with Gasteiger partial charge in [-0.3, -0.25) is 0 Å². The molecule has 0 bridgehead atoms. The van der Waals surface area contributed by atoms with Crippen molar-refractivity contribution in [3.8, 4) is 5.75 Å². The molecule has 0 aliphatic heterocycles. The molecular weight excluding hydrogens is 274 g/mol. The lowest BCUT2D eigenvalue weighted by molar-refractivity contribution is -0.706. The van der Waals surface area contributed by atoms with E-state index in [2.05, 4.69) is 55.6 Å². The fourth-order valence-corrected chi connectivity index (χ4v) is 2.29. The van der Waals surface area contributed by atoms with Crippen molar-refractivity contribution in [2.45, 2.75) is 39.5 Å². The minimum absolute atomic E-state index is 0.222. The van der Waals surface area contributed by atoms with Crippen LogP contribution in [0.3, 0.4) is 0 Å². The van der Waals surface area contributed by atoms with Gasteiger partial charge in [0.15, 0.2) is 0 Å². The van der Waals surface area contributed by atoms with Crippen molar-refractivity contribution in [1.82, 2.24) is 0 Å². The number of hydrogen-bond donors (Lipinski definition) is 2. The molecule has 1 atom stereocenters. The zero-order valence-corrected chi connectivity index (χ0v) is 13.5. The molecule has 2 rings (SSSR count). The summed E-state index contributed by atoms with van der Waals surface area (Å²) in [6.45, 7) is 5.85. The number of benzene rings is 2. The molecule has 0 aliphatic rings. The standard InChI is InChI=1S/C19H25NO2/c1-3-18(13-21)20-12-17-5-4-6-19(11-17)22-14-16-9-7-15(2)8-10-16/h4-11,18,20-21H,3,12-14H2,1-2H3/p+1/t18-/m1/s1. The molecule has 3 heteroatoms. The van der Waals surface area contributed by atoms with Gasteiger partial charge in [-0.1, -0.05) is 48.9 Å². The van der Waals surface area contributed by atoms with Crippen molar-refractivity contribution in [3.63, 3.8) is 0 Å². The molecule has 0 aliphatic carbocycles. The lowest BCUT2D eigenvalue weighted by atomic mass is 10.1. The van der Waals surface area contributed by atoms with Crippen molar-refractivity contribution < 1.29 is 15.2 Å². The Balaban J connectivity index is 1.89. The van der Waals surface area contributed by atoms with Crippen molar-refractivity contribution in [2.75, 3.05) is 6.61 Å². The highest BCUT2D eigenvalue weighted by atomic mass is 16.5. The van der Waals surface area contributed by atoms with E-state index < -0.39 is 0 Å². The molecule has 0 aromatic heterocycles. The minimum atomic E-state index is 0.222. The Morgan fingerprint density at radius 1 is 1.09 bits per heavy atom. The van der Waals surface area contributed by atoms with Gasteiger partial charge in [-0.25, -0.2) is 0 Å². The highest BCUT2D eigenvalue weighted by Gasteiger charge is 2.07. The second-order valence-electron chi connectivity index (χ2n) is 5.71. The number of ether oxygens (including phenoxy) is 1. The summed E-state index contributed by atoms with van der Waals surface area (Å²) < 4.78 is 5.87. The van der Waals surface area contributed by atoms with Crippen LogP contribution < -0.4 is 10.1 Å². The summed E-state index contributed by atoms with van der Waals surface area (Å²) in [5, 5.41) is 11.4. The molecule has 3 N–H and O–H groups in total. The Morgan fingerprint density at radius 2 is 1.86 bits per heavy atom. The lowest BCUT2D eigenvalue weighted by Gasteiger charge is -2.12. The molecule has 0 heterocycles. The van der Waals surface area contributed by atoms with Crippen LogP contribution in [0.25, 0.3) is 0 Å². The number of aliphatic hydroxyl groups excluding tert-OH is 1. The highest BCUT2D eigenvalue weighted by Crippen LogP contribution is 2.15. The molecule has 0 amide bonds. The summed E-state index contributed by atoms with van der Waals surface area (Å²) in [6, 6.07) is 16.9. The average Bonchev–Trinajstić information content (AvgIpc) is 2.56. The van der Waals surface area contributed by atoms with Crippen molar-refractivity contribution in [1.29, 1.82) is 0 Å². The topological polar surface area (TPSA) is 46.1 Å². The van der Waals surface area contributed by atoms with E-state index in [9.17, 15) is 5.11 Å². The number of hydrogen-bond acceptors (Lipinski definition) is 2. The van der Waals surface area contributed by atoms with Gasteiger partial charge in [0.1, 0.15) is 24.9 Å². The zero-order chi connectivity index (χ0) is 15.8. The summed E-state index contributed by atoms with van der Waals surface area (Å²) >= 11 is 0. The molecule has 22 heavy (non-hydrogen) atoms. The number of quaternary nitrogens is 1. The van der Waals surface area contributed by atoms with Crippen LogP contribution in [0.15, 0.2) is 48.5 Å². The molecule has 0 spiro atoms. The first kappa shape index (κ1) is 16.5. The van der Waals surface area contributed by atoms with Crippen LogP contribution >= 0.6 is 0 Å². The van der Waals surface area contributed by atoms with E-state index in [1.54, 1.807) is 0 Å². The third-order valence-electron chi connectivity index (χ3n) is 3.87. The van der Waals surface area contributed by atoms with Crippen LogP contribution in [0.1, 0.15) is 30.0 Å². The van der Waals surface area contributed by atoms with Gasteiger partial charge in [0, 0.05) is 5.56 Å². The van der Waals surface area contributed by atoms with E-state index >= 15 is 0 Å². The minimum Gasteiger partial charge on any atom is -0.489 e. The monoisotopic (exact) mass is 300 g/mol. The molecular formula is C19H26NO2+. The molecule has 0 saturated carbocycles. The van der Waals surface area contributed by atoms with E-state index in [1.807, 2.05) is 12.1 Å². The molecule has 2 aromatic rings. The van der Waals surface area contributed by atoms with Gasteiger partial charge in [0.25, 0.3) is 0 Å². The zero-order valence-electron chi connectivity index (χ0n) is 13.5. The first-order valence-electron chi connectivity index (χ1n) is 7.92. The Labute approximate surface area is 133 Å². The van der Waals surface area contributed by atoms with Crippen molar-refractivity contribution in [2.24, 2.45) is 0 Å².